The minimum absolute atomic E-state index is 0.0464. The molecular formula is C24H30N4O3. The standard InChI is InChI=1S/C24H30N4O3/c1-2-7-22(29)26-20-8-6-9-21(16-20)27-23(30)17-25-19-12-10-18(11-13-19)24(31)28-14-4-3-5-15-28/h6,8-13,16,25H,2-5,7,14-15,17H2,1H3,(H,26,29)(H,27,30). The summed E-state index contributed by atoms with van der Waals surface area (Å²) in [6, 6.07) is 14.3. The molecule has 3 N–H and O–H groups in total. The Kier molecular flexibility index (Phi) is 8.04. The largest absolute Gasteiger partial charge is 0.376 e. The number of nitrogens with one attached hydrogen (secondary N) is 3. The smallest absolute Gasteiger partial charge is 0.253 e. The molecular weight excluding hydrogens is 392 g/mol. The van der Waals surface area contributed by atoms with E-state index in [-0.39, 0.29) is 24.3 Å². The predicted octanol–water partition coefficient (Wildman–Crippen LogP) is 4.10. The molecule has 0 spiro atoms. The first-order valence-electron chi connectivity index (χ1n) is 10.9. The Bertz CT molecular complexity index is 905. The van der Waals surface area contributed by atoms with Gasteiger partial charge in [-0.2, -0.15) is 0 Å². The summed E-state index contributed by atoms with van der Waals surface area (Å²) < 4.78 is 0. The normalized spacial score (nSPS) is 13.4. The number of amides is 3. The van der Waals surface area contributed by atoms with Gasteiger partial charge in [0, 0.05) is 42.1 Å². The van der Waals surface area contributed by atoms with E-state index in [0.717, 1.165) is 38.0 Å². The van der Waals surface area contributed by atoms with Crippen LogP contribution in [0.3, 0.4) is 0 Å². The number of piperidine rings is 1. The van der Waals surface area contributed by atoms with Crippen molar-refractivity contribution in [2.45, 2.75) is 39.0 Å². The Hall–Kier alpha value is -3.35. The predicted molar refractivity (Wildman–Crippen MR) is 123 cm³/mol. The number of carbonyl (C=O) groups is 3. The third-order valence-corrected chi connectivity index (χ3v) is 5.14. The van der Waals surface area contributed by atoms with E-state index in [1.807, 2.05) is 24.0 Å². The third kappa shape index (κ3) is 6.84. The van der Waals surface area contributed by atoms with E-state index in [9.17, 15) is 14.4 Å². The number of benzene rings is 2. The molecule has 2 aromatic carbocycles. The van der Waals surface area contributed by atoms with Crippen LogP contribution in [0.2, 0.25) is 0 Å². The minimum Gasteiger partial charge on any atom is -0.376 e. The van der Waals surface area contributed by atoms with Gasteiger partial charge in [-0.25, -0.2) is 0 Å². The molecule has 0 aliphatic carbocycles. The first-order valence-corrected chi connectivity index (χ1v) is 10.9. The fraction of sp³-hybridized carbons (Fsp3) is 0.375. The summed E-state index contributed by atoms with van der Waals surface area (Å²) in [4.78, 5) is 38.4. The summed E-state index contributed by atoms with van der Waals surface area (Å²) >= 11 is 0. The maximum atomic E-state index is 12.5. The number of anilines is 3. The van der Waals surface area contributed by atoms with Crippen LogP contribution < -0.4 is 16.0 Å². The van der Waals surface area contributed by atoms with Gasteiger partial charge >= 0.3 is 0 Å². The van der Waals surface area contributed by atoms with Gasteiger partial charge in [0.2, 0.25) is 11.8 Å². The van der Waals surface area contributed by atoms with Gasteiger partial charge in [0.25, 0.3) is 5.91 Å². The molecule has 0 unspecified atom stereocenters. The fourth-order valence-electron chi connectivity index (χ4n) is 3.52. The Labute approximate surface area is 183 Å². The van der Waals surface area contributed by atoms with Crippen LogP contribution in [0, 0.1) is 0 Å². The van der Waals surface area contributed by atoms with Crippen molar-refractivity contribution >= 4 is 34.8 Å². The molecule has 0 aromatic heterocycles. The maximum absolute atomic E-state index is 12.5. The average Bonchev–Trinajstić information content (AvgIpc) is 2.78. The van der Waals surface area contributed by atoms with Gasteiger partial charge < -0.3 is 20.9 Å². The van der Waals surface area contributed by atoms with Gasteiger partial charge in [-0.05, 0) is 68.1 Å². The highest BCUT2D eigenvalue weighted by atomic mass is 16.2. The van der Waals surface area contributed by atoms with Crippen molar-refractivity contribution in [2.75, 3.05) is 35.6 Å². The summed E-state index contributed by atoms with van der Waals surface area (Å²) in [7, 11) is 0. The van der Waals surface area contributed by atoms with Crippen LogP contribution in [0.15, 0.2) is 48.5 Å². The zero-order chi connectivity index (χ0) is 22.1. The fourth-order valence-corrected chi connectivity index (χ4v) is 3.52. The van der Waals surface area contributed by atoms with Crippen LogP contribution in [0.4, 0.5) is 17.1 Å². The van der Waals surface area contributed by atoms with Crippen molar-refractivity contribution in [3.63, 3.8) is 0 Å². The molecule has 1 saturated heterocycles. The van der Waals surface area contributed by atoms with Crippen molar-refractivity contribution < 1.29 is 14.4 Å². The van der Waals surface area contributed by atoms with E-state index < -0.39 is 0 Å². The SMILES string of the molecule is CCCC(=O)Nc1cccc(NC(=O)CNc2ccc(C(=O)N3CCCCC3)cc2)c1. The van der Waals surface area contributed by atoms with E-state index >= 15 is 0 Å². The Balaban J connectivity index is 1.48. The number of nitrogens with zero attached hydrogens (tertiary/aromatic N) is 1. The highest BCUT2D eigenvalue weighted by Crippen LogP contribution is 2.17. The van der Waals surface area contributed by atoms with E-state index in [4.69, 9.17) is 0 Å². The lowest BCUT2D eigenvalue weighted by Crippen LogP contribution is -2.35. The Morgan fingerprint density at radius 1 is 0.839 bits per heavy atom. The molecule has 0 radical (unpaired) electrons. The summed E-state index contributed by atoms with van der Waals surface area (Å²) in [5, 5.41) is 8.70. The van der Waals surface area contributed by atoms with Gasteiger partial charge in [0.05, 0.1) is 6.54 Å². The number of carbonyl (C=O) groups excluding carboxylic acids is 3. The molecule has 7 heteroatoms. The zero-order valence-electron chi connectivity index (χ0n) is 17.9. The van der Waals surface area contributed by atoms with Crippen molar-refractivity contribution in [3.8, 4) is 0 Å². The molecule has 1 aliphatic rings. The van der Waals surface area contributed by atoms with Crippen LogP contribution in [0.1, 0.15) is 49.4 Å². The molecule has 0 saturated carbocycles. The molecule has 1 heterocycles. The summed E-state index contributed by atoms with van der Waals surface area (Å²) in [5.74, 6) is -0.185. The number of likely N-dealkylation sites (tertiary alicyclic amines) is 1. The summed E-state index contributed by atoms with van der Waals surface area (Å²) in [6.07, 6.45) is 4.56. The zero-order valence-corrected chi connectivity index (χ0v) is 17.9. The van der Waals surface area contributed by atoms with E-state index in [1.165, 1.54) is 6.42 Å². The Morgan fingerprint density at radius 3 is 2.13 bits per heavy atom. The van der Waals surface area contributed by atoms with E-state index in [0.29, 0.717) is 23.4 Å². The van der Waals surface area contributed by atoms with Crippen molar-refractivity contribution in [1.82, 2.24) is 4.90 Å². The molecule has 164 valence electrons. The third-order valence-electron chi connectivity index (χ3n) is 5.14. The molecule has 1 fully saturated rings. The molecule has 3 rings (SSSR count). The summed E-state index contributed by atoms with van der Waals surface area (Å²) in [6.45, 7) is 3.68. The monoisotopic (exact) mass is 422 g/mol. The molecule has 0 bridgehead atoms. The quantitative estimate of drug-likeness (QED) is 0.597. The minimum atomic E-state index is -0.203. The second kappa shape index (κ2) is 11.2. The first kappa shape index (κ1) is 22.3. The summed E-state index contributed by atoms with van der Waals surface area (Å²) in [5.41, 5.74) is 2.70. The van der Waals surface area contributed by atoms with Crippen LogP contribution >= 0.6 is 0 Å². The van der Waals surface area contributed by atoms with Crippen LogP contribution in [-0.2, 0) is 9.59 Å². The number of hydrogen-bond donors (Lipinski definition) is 3. The second-order valence-electron chi connectivity index (χ2n) is 7.71. The first-order chi connectivity index (χ1) is 15.0. The van der Waals surface area contributed by atoms with Crippen LogP contribution in [0.25, 0.3) is 0 Å². The highest BCUT2D eigenvalue weighted by molar-refractivity contribution is 5.96. The second-order valence-corrected chi connectivity index (χ2v) is 7.71. The molecule has 7 nitrogen and oxygen atoms in total. The van der Waals surface area contributed by atoms with Gasteiger partial charge in [-0.3, -0.25) is 14.4 Å². The molecule has 0 atom stereocenters. The lowest BCUT2D eigenvalue weighted by atomic mass is 10.1. The van der Waals surface area contributed by atoms with Gasteiger partial charge in [0.15, 0.2) is 0 Å². The number of hydrogen-bond acceptors (Lipinski definition) is 4. The van der Waals surface area contributed by atoms with E-state index in [1.54, 1.807) is 36.4 Å². The Morgan fingerprint density at radius 2 is 1.48 bits per heavy atom. The number of rotatable bonds is 8. The van der Waals surface area contributed by atoms with Gasteiger partial charge in [-0.1, -0.05) is 13.0 Å². The van der Waals surface area contributed by atoms with Crippen molar-refractivity contribution in [2.24, 2.45) is 0 Å². The molecule has 1 aliphatic heterocycles. The highest BCUT2D eigenvalue weighted by Gasteiger charge is 2.17. The van der Waals surface area contributed by atoms with Crippen molar-refractivity contribution in [3.05, 3.63) is 54.1 Å². The van der Waals surface area contributed by atoms with Crippen molar-refractivity contribution in [1.29, 1.82) is 0 Å². The lowest BCUT2D eigenvalue weighted by Gasteiger charge is -2.26. The topological polar surface area (TPSA) is 90.5 Å². The maximum Gasteiger partial charge on any atom is 0.253 e. The van der Waals surface area contributed by atoms with Gasteiger partial charge in [0.1, 0.15) is 0 Å². The van der Waals surface area contributed by atoms with Crippen LogP contribution in [-0.4, -0.2) is 42.3 Å². The molecule has 31 heavy (non-hydrogen) atoms. The van der Waals surface area contributed by atoms with E-state index in [2.05, 4.69) is 16.0 Å². The van der Waals surface area contributed by atoms with Gasteiger partial charge in [-0.15, -0.1) is 0 Å². The average molecular weight is 423 g/mol. The molecule has 2 aromatic rings. The lowest BCUT2D eigenvalue weighted by molar-refractivity contribution is -0.116. The molecule has 3 amide bonds. The van der Waals surface area contributed by atoms with Crippen LogP contribution in [0.5, 0.6) is 0 Å².